The largest absolute Gasteiger partial charge is 0.475 e. The maximum Gasteiger partial charge on any atom is 0.371 e. The smallest absolute Gasteiger partial charge is 0.371 e. The zero-order valence-electron chi connectivity index (χ0n) is 8.98. The van der Waals surface area contributed by atoms with Crippen LogP contribution in [0, 0.1) is 11.3 Å². The Morgan fingerprint density at radius 3 is 2.78 bits per heavy atom. The van der Waals surface area contributed by atoms with Crippen LogP contribution >= 0.6 is 11.6 Å². The van der Waals surface area contributed by atoms with E-state index in [1.807, 2.05) is 6.07 Å². The highest BCUT2D eigenvalue weighted by atomic mass is 35.5. The molecular weight excluding hydrogens is 256 g/mol. The summed E-state index contributed by atoms with van der Waals surface area (Å²) in [4.78, 5) is 10.6. The Hall–Kier alpha value is -2.45. The lowest BCUT2D eigenvalue weighted by Gasteiger charge is -2.05. The average molecular weight is 263 g/mol. The molecule has 5 nitrogen and oxygen atoms in total. The first-order valence-corrected chi connectivity index (χ1v) is 5.28. The fraction of sp³-hybridized carbons (Fsp3) is 0. The number of hydrogen-bond acceptors (Lipinski definition) is 4. The van der Waals surface area contributed by atoms with Crippen LogP contribution in [0.2, 0.25) is 5.02 Å². The molecule has 0 aliphatic rings. The highest BCUT2D eigenvalue weighted by Crippen LogP contribution is 2.25. The van der Waals surface area contributed by atoms with Crippen LogP contribution in [-0.2, 0) is 0 Å². The second kappa shape index (κ2) is 4.82. The number of carbonyl (C=O) groups is 1. The van der Waals surface area contributed by atoms with E-state index < -0.39 is 5.97 Å². The molecule has 2 N–H and O–H groups in total. The van der Waals surface area contributed by atoms with Gasteiger partial charge in [-0.3, -0.25) is 0 Å². The number of nitrogens with one attached hydrogen (secondary N) is 1. The Morgan fingerprint density at radius 2 is 2.17 bits per heavy atom. The monoisotopic (exact) mass is 262 g/mol. The zero-order chi connectivity index (χ0) is 13.1. The maximum absolute atomic E-state index is 10.6. The van der Waals surface area contributed by atoms with E-state index >= 15 is 0 Å². The topological polar surface area (TPSA) is 86.3 Å². The summed E-state index contributed by atoms with van der Waals surface area (Å²) in [5, 5.41) is 20.9. The highest BCUT2D eigenvalue weighted by molar-refractivity contribution is 6.30. The van der Waals surface area contributed by atoms with Crippen molar-refractivity contribution in [1.82, 2.24) is 0 Å². The fourth-order valence-corrected chi connectivity index (χ4v) is 1.54. The van der Waals surface area contributed by atoms with Gasteiger partial charge in [0.2, 0.25) is 5.76 Å². The first-order chi connectivity index (χ1) is 8.60. The van der Waals surface area contributed by atoms with Gasteiger partial charge in [0.05, 0.1) is 11.3 Å². The second-order valence-electron chi connectivity index (χ2n) is 3.40. The Bertz CT molecular complexity index is 643. The molecule has 0 saturated heterocycles. The molecule has 18 heavy (non-hydrogen) atoms. The molecule has 0 aliphatic carbocycles. The molecule has 0 aliphatic heterocycles. The van der Waals surface area contributed by atoms with Gasteiger partial charge in [0.1, 0.15) is 6.07 Å². The summed E-state index contributed by atoms with van der Waals surface area (Å²) in [6, 6.07) is 9.49. The van der Waals surface area contributed by atoms with Crippen LogP contribution in [0.4, 0.5) is 11.6 Å². The molecule has 1 aromatic carbocycles. The van der Waals surface area contributed by atoms with E-state index in [1.54, 1.807) is 18.2 Å². The summed E-state index contributed by atoms with van der Waals surface area (Å²) in [5.41, 5.74) is 0.837. The standard InChI is InChI=1S/C12H7ClN2O3/c13-8-2-1-7(6-14)9(5-8)15-11-4-3-10(18-11)12(16)17/h1-5,15H,(H,16,17). The second-order valence-corrected chi connectivity index (χ2v) is 3.83. The quantitative estimate of drug-likeness (QED) is 0.887. The van der Waals surface area contributed by atoms with Crippen molar-refractivity contribution >= 4 is 29.1 Å². The number of rotatable bonds is 3. The SMILES string of the molecule is N#Cc1ccc(Cl)cc1Nc1ccc(C(=O)O)o1. The zero-order valence-corrected chi connectivity index (χ0v) is 9.73. The van der Waals surface area contributed by atoms with Crippen molar-refractivity contribution < 1.29 is 14.3 Å². The molecule has 0 spiro atoms. The van der Waals surface area contributed by atoms with Gasteiger partial charge >= 0.3 is 5.97 Å². The Balaban J connectivity index is 2.30. The van der Waals surface area contributed by atoms with Crippen LogP contribution in [-0.4, -0.2) is 11.1 Å². The van der Waals surface area contributed by atoms with Crippen LogP contribution in [0.25, 0.3) is 0 Å². The highest BCUT2D eigenvalue weighted by Gasteiger charge is 2.10. The van der Waals surface area contributed by atoms with Crippen molar-refractivity contribution in [2.45, 2.75) is 0 Å². The summed E-state index contributed by atoms with van der Waals surface area (Å²) < 4.78 is 5.03. The molecule has 1 aromatic heterocycles. The summed E-state index contributed by atoms with van der Waals surface area (Å²) >= 11 is 5.82. The molecule has 90 valence electrons. The van der Waals surface area contributed by atoms with Gasteiger partial charge in [-0.25, -0.2) is 4.79 Å². The Labute approximate surface area is 107 Å². The van der Waals surface area contributed by atoms with E-state index in [1.165, 1.54) is 12.1 Å². The van der Waals surface area contributed by atoms with E-state index in [9.17, 15) is 4.79 Å². The van der Waals surface area contributed by atoms with Gasteiger partial charge in [-0.2, -0.15) is 5.26 Å². The van der Waals surface area contributed by atoms with Crippen LogP contribution in [0.3, 0.4) is 0 Å². The molecule has 6 heteroatoms. The molecule has 0 saturated carbocycles. The molecular formula is C12H7ClN2O3. The number of carboxylic acids is 1. The van der Waals surface area contributed by atoms with Gasteiger partial charge < -0.3 is 14.8 Å². The minimum atomic E-state index is -1.16. The van der Waals surface area contributed by atoms with Gasteiger partial charge in [-0.1, -0.05) is 11.6 Å². The van der Waals surface area contributed by atoms with Gasteiger partial charge in [0.15, 0.2) is 5.88 Å². The lowest BCUT2D eigenvalue weighted by atomic mass is 10.2. The van der Waals surface area contributed by atoms with Crippen LogP contribution < -0.4 is 5.32 Å². The van der Waals surface area contributed by atoms with E-state index in [-0.39, 0.29) is 11.6 Å². The molecule has 1 heterocycles. The fourth-order valence-electron chi connectivity index (χ4n) is 1.37. The average Bonchev–Trinajstić information content (AvgIpc) is 2.78. The lowest BCUT2D eigenvalue weighted by Crippen LogP contribution is -1.94. The molecule has 0 bridgehead atoms. The summed E-state index contributed by atoms with van der Waals surface area (Å²) in [5.74, 6) is -1.11. The van der Waals surface area contributed by atoms with E-state index in [4.69, 9.17) is 26.4 Å². The van der Waals surface area contributed by atoms with Crippen LogP contribution in [0.1, 0.15) is 16.1 Å². The van der Waals surface area contributed by atoms with Crippen molar-refractivity contribution in [3.8, 4) is 6.07 Å². The Kier molecular flexibility index (Phi) is 3.22. The summed E-state index contributed by atoms with van der Waals surface area (Å²) in [7, 11) is 0. The van der Waals surface area contributed by atoms with E-state index in [2.05, 4.69) is 5.32 Å². The minimum absolute atomic E-state index is 0.182. The number of halogens is 1. The third-order valence-electron chi connectivity index (χ3n) is 2.18. The first kappa shape index (κ1) is 12.0. The van der Waals surface area contributed by atoms with Crippen molar-refractivity contribution in [3.05, 3.63) is 46.7 Å². The number of furan rings is 1. The molecule has 0 amide bonds. The van der Waals surface area contributed by atoms with Crippen molar-refractivity contribution in [2.24, 2.45) is 0 Å². The van der Waals surface area contributed by atoms with Gasteiger partial charge in [0, 0.05) is 11.1 Å². The molecule has 0 fully saturated rings. The number of anilines is 2. The summed E-state index contributed by atoms with van der Waals surface area (Å²) in [6.45, 7) is 0. The van der Waals surface area contributed by atoms with Crippen LogP contribution in [0.15, 0.2) is 34.7 Å². The Morgan fingerprint density at radius 1 is 1.39 bits per heavy atom. The summed E-state index contributed by atoms with van der Waals surface area (Å²) in [6.07, 6.45) is 0. The van der Waals surface area contributed by atoms with Gasteiger partial charge in [-0.15, -0.1) is 0 Å². The molecule has 0 radical (unpaired) electrons. The molecule has 0 unspecified atom stereocenters. The number of hydrogen-bond donors (Lipinski definition) is 2. The van der Waals surface area contributed by atoms with E-state index in [0.717, 1.165) is 0 Å². The number of carboxylic acid groups (broad SMARTS) is 1. The molecule has 0 atom stereocenters. The predicted octanol–water partition coefficient (Wildman–Crippen LogP) is 3.25. The molecule has 2 aromatic rings. The van der Waals surface area contributed by atoms with Crippen molar-refractivity contribution in [3.63, 3.8) is 0 Å². The van der Waals surface area contributed by atoms with Gasteiger partial charge in [-0.05, 0) is 24.3 Å². The maximum atomic E-state index is 10.6. The van der Waals surface area contributed by atoms with Crippen molar-refractivity contribution in [2.75, 3.05) is 5.32 Å². The number of aromatic carboxylic acids is 1. The minimum Gasteiger partial charge on any atom is -0.475 e. The van der Waals surface area contributed by atoms with Crippen molar-refractivity contribution in [1.29, 1.82) is 5.26 Å². The van der Waals surface area contributed by atoms with Crippen LogP contribution in [0.5, 0.6) is 0 Å². The van der Waals surface area contributed by atoms with E-state index in [0.29, 0.717) is 16.3 Å². The van der Waals surface area contributed by atoms with Gasteiger partial charge in [0.25, 0.3) is 0 Å². The number of nitriles is 1. The molecule has 2 rings (SSSR count). The predicted molar refractivity (Wildman–Crippen MR) is 65.1 cm³/mol. The third-order valence-corrected chi connectivity index (χ3v) is 2.41. The normalized spacial score (nSPS) is 9.78. The number of benzene rings is 1. The third kappa shape index (κ3) is 2.44. The lowest BCUT2D eigenvalue weighted by molar-refractivity contribution is 0.0663. The number of nitrogens with zero attached hydrogens (tertiary/aromatic N) is 1. The first-order valence-electron chi connectivity index (χ1n) is 4.90.